The van der Waals surface area contributed by atoms with Crippen LogP contribution in [0.5, 0.6) is 5.75 Å². The van der Waals surface area contributed by atoms with Crippen LogP contribution in [0.25, 0.3) is 21.8 Å². The van der Waals surface area contributed by atoms with Gasteiger partial charge in [-0.25, -0.2) is 0 Å². The molecule has 24 heavy (non-hydrogen) atoms. The highest BCUT2D eigenvalue weighted by Gasteiger charge is 2.15. The lowest BCUT2D eigenvalue weighted by Gasteiger charge is -2.11. The topological polar surface area (TPSA) is 96.2 Å². The quantitative estimate of drug-likeness (QED) is 0.725. The van der Waals surface area contributed by atoms with Gasteiger partial charge in [-0.15, -0.1) is 0 Å². The predicted molar refractivity (Wildman–Crippen MR) is 94.9 cm³/mol. The number of nitrogens with two attached hydrogens (primary N) is 2. The minimum absolute atomic E-state index is 0.461. The maximum absolute atomic E-state index is 11.1. The summed E-state index contributed by atoms with van der Waals surface area (Å²) in [4.78, 5) is 15.5. The molecule has 0 saturated carbocycles. The maximum atomic E-state index is 11.1. The second-order valence-corrected chi connectivity index (χ2v) is 5.98. The van der Waals surface area contributed by atoms with Crippen molar-refractivity contribution in [3.8, 4) is 5.75 Å². The van der Waals surface area contributed by atoms with Gasteiger partial charge in [-0.1, -0.05) is 0 Å². The molecule has 0 saturated heterocycles. The van der Waals surface area contributed by atoms with E-state index in [1.807, 2.05) is 31.3 Å². The molecule has 126 valence electrons. The summed E-state index contributed by atoms with van der Waals surface area (Å²) in [6, 6.07) is 7.49. The van der Waals surface area contributed by atoms with Crippen LogP contribution in [0.15, 0.2) is 30.5 Å². The first-order chi connectivity index (χ1) is 11.5. The molecule has 2 heterocycles. The first kappa shape index (κ1) is 16.3. The molecule has 0 aliphatic rings. The van der Waals surface area contributed by atoms with Gasteiger partial charge < -0.3 is 20.8 Å². The molecular weight excluding hydrogens is 304 g/mol. The minimum Gasteiger partial charge on any atom is -0.497 e. The van der Waals surface area contributed by atoms with E-state index in [1.165, 1.54) is 5.39 Å². The average Bonchev–Trinajstić information content (AvgIpc) is 2.89. The van der Waals surface area contributed by atoms with Crippen molar-refractivity contribution in [2.75, 3.05) is 7.11 Å². The molecule has 1 aromatic carbocycles. The number of pyridine rings is 1. The molecule has 0 radical (unpaired) electrons. The van der Waals surface area contributed by atoms with Gasteiger partial charge in [0.15, 0.2) is 0 Å². The van der Waals surface area contributed by atoms with Gasteiger partial charge in [0.05, 0.1) is 29.9 Å². The number of amides is 1. The third-order valence-corrected chi connectivity index (χ3v) is 4.43. The molecule has 3 rings (SSSR count). The molecule has 0 aliphatic carbocycles. The van der Waals surface area contributed by atoms with Crippen LogP contribution in [0.4, 0.5) is 0 Å². The Morgan fingerprint density at radius 3 is 2.83 bits per heavy atom. The van der Waals surface area contributed by atoms with E-state index in [-0.39, 0.29) is 0 Å². The van der Waals surface area contributed by atoms with Crippen LogP contribution in [0.3, 0.4) is 0 Å². The van der Waals surface area contributed by atoms with E-state index in [0.717, 1.165) is 40.8 Å². The number of rotatable bonds is 6. The summed E-state index contributed by atoms with van der Waals surface area (Å²) in [6.07, 6.45) is 3.14. The Hall–Kier alpha value is -2.60. The standard InChI is InChI=1S/C18H22N4O2/c1-11-17-14(7-8-21-11)13-6-5-12(24-2)10-16(13)22(17)9-3-4-15(19)18(20)23/h5-8,10,15H,3-4,9,19H2,1-2H3,(H2,20,23). The molecule has 0 fully saturated rings. The molecule has 3 aromatic rings. The van der Waals surface area contributed by atoms with Crippen molar-refractivity contribution in [3.63, 3.8) is 0 Å². The number of aromatic nitrogens is 2. The number of aryl methyl sites for hydroxylation is 2. The normalized spacial score (nSPS) is 12.6. The van der Waals surface area contributed by atoms with Crippen LogP contribution in [0.1, 0.15) is 18.5 Å². The van der Waals surface area contributed by atoms with Gasteiger partial charge >= 0.3 is 0 Å². The van der Waals surface area contributed by atoms with E-state index in [2.05, 4.69) is 15.6 Å². The fourth-order valence-corrected chi connectivity index (χ4v) is 3.17. The first-order valence-electron chi connectivity index (χ1n) is 7.99. The fraction of sp³-hybridized carbons (Fsp3) is 0.333. The van der Waals surface area contributed by atoms with Gasteiger partial charge in [0.25, 0.3) is 0 Å². The predicted octanol–water partition coefficient (Wildman–Crippen LogP) is 2.10. The number of fused-ring (bicyclic) bond motifs is 3. The Morgan fingerprint density at radius 1 is 1.33 bits per heavy atom. The zero-order chi connectivity index (χ0) is 17.3. The number of carbonyl (C=O) groups is 1. The highest BCUT2D eigenvalue weighted by Crippen LogP contribution is 2.32. The van der Waals surface area contributed by atoms with Crippen LogP contribution in [-0.2, 0) is 11.3 Å². The monoisotopic (exact) mass is 326 g/mol. The van der Waals surface area contributed by atoms with Crippen molar-refractivity contribution in [1.29, 1.82) is 0 Å². The molecule has 0 bridgehead atoms. The summed E-state index contributed by atoms with van der Waals surface area (Å²) in [7, 11) is 1.66. The molecule has 1 unspecified atom stereocenters. The molecule has 4 N–H and O–H groups in total. The number of hydrogen-bond donors (Lipinski definition) is 2. The second-order valence-electron chi connectivity index (χ2n) is 5.98. The Labute approximate surface area is 140 Å². The molecule has 2 aromatic heterocycles. The van der Waals surface area contributed by atoms with Gasteiger partial charge in [0.1, 0.15) is 5.75 Å². The molecule has 0 spiro atoms. The lowest BCUT2D eigenvalue weighted by Crippen LogP contribution is -2.36. The van der Waals surface area contributed by atoms with Crippen molar-refractivity contribution in [2.24, 2.45) is 11.5 Å². The van der Waals surface area contributed by atoms with Crippen molar-refractivity contribution in [1.82, 2.24) is 9.55 Å². The highest BCUT2D eigenvalue weighted by atomic mass is 16.5. The van der Waals surface area contributed by atoms with E-state index in [4.69, 9.17) is 16.2 Å². The smallest absolute Gasteiger partial charge is 0.234 e. The Morgan fingerprint density at radius 2 is 2.12 bits per heavy atom. The van der Waals surface area contributed by atoms with Crippen molar-refractivity contribution >= 4 is 27.7 Å². The van der Waals surface area contributed by atoms with Crippen molar-refractivity contribution < 1.29 is 9.53 Å². The first-order valence-corrected chi connectivity index (χ1v) is 7.99. The Balaban J connectivity index is 2.06. The van der Waals surface area contributed by atoms with Crippen molar-refractivity contribution in [3.05, 3.63) is 36.2 Å². The number of methoxy groups -OCH3 is 1. The zero-order valence-electron chi connectivity index (χ0n) is 14.0. The van der Waals surface area contributed by atoms with E-state index >= 15 is 0 Å². The number of hydrogen-bond acceptors (Lipinski definition) is 4. The third kappa shape index (κ3) is 2.80. The maximum Gasteiger partial charge on any atom is 0.234 e. The average molecular weight is 326 g/mol. The number of primary amides is 1. The van der Waals surface area contributed by atoms with Crippen LogP contribution >= 0.6 is 0 Å². The molecule has 1 atom stereocenters. The molecule has 0 aliphatic heterocycles. The summed E-state index contributed by atoms with van der Waals surface area (Å²) >= 11 is 0. The molecule has 6 nitrogen and oxygen atoms in total. The molecule has 6 heteroatoms. The number of nitrogens with zero attached hydrogens (tertiary/aromatic N) is 2. The molecular formula is C18H22N4O2. The van der Waals surface area contributed by atoms with E-state index in [9.17, 15) is 4.79 Å². The Bertz CT molecular complexity index is 901. The van der Waals surface area contributed by atoms with Gasteiger partial charge in [-0.2, -0.15) is 0 Å². The van der Waals surface area contributed by atoms with Gasteiger partial charge in [-0.05, 0) is 38.0 Å². The summed E-state index contributed by atoms with van der Waals surface area (Å²) in [5, 5.41) is 2.33. The lowest BCUT2D eigenvalue weighted by atomic mass is 10.1. The van der Waals surface area contributed by atoms with E-state index < -0.39 is 11.9 Å². The summed E-state index contributed by atoms with van der Waals surface area (Å²) in [5.74, 6) is 0.350. The van der Waals surface area contributed by atoms with Gasteiger partial charge in [-0.3, -0.25) is 9.78 Å². The van der Waals surface area contributed by atoms with Crippen LogP contribution < -0.4 is 16.2 Å². The second kappa shape index (κ2) is 6.49. The van der Waals surface area contributed by atoms with E-state index in [1.54, 1.807) is 7.11 Å². The van der Waals surface area contributed by atoms with Gasteiger partial charge in [0, 0.05) is 29.6 Å². The van der Waals surface area contributed by atoms with Crippen LogP contribution in [0.2, 0.25) is 0 Å². The lowest BCUT2D eigenvalue weighted by molar-refractivity contribution is -0.119. The highest BCUT2D eigenvalue weighted by molar-refractivity contribution is 6.09. The zero-order valence-corrected chi connectivity index (χ0v) is 14.0. The number of benzene rings is 1. The minimum atomic E-state index is -0.605. The summed E-state index contributed by atoms with van der Waals surface area (Å²) < 4.78 is 7.59. The van der Waals surface area contributed by atoms with Crippen molar-refractivity contribution in [2.45, 2.75) is 32.4 Å². The van der Waals surface area contributed by atoms with Crippen LogP contribution in [-0.4, -0.2) is 28.6 Å². The number of ether oxygens (including phenoxy) is 1. The summed E-state index contributed by atoms with van der Waals surface area (Å²) in [6.45, 7) is 2.74. The van der Waals surface area contributed by atoms with E-state index in [0.29, 0.717) is 6.42 Å². The molecule has 1 amide bonds. The SMILES string of the molecule is COc1ccc2c3ccnc(C)c3n(CCCC(N)C(N)=O)c2c1. The van der Waals surface area contributed by atoms with Crippen LogP contribution in [0, 0.1) is 6.92 Å². The Kier molecular flexibility index (Phi) is 4.40. The fourth-order valence-electron chi connectivity index (χ4n) is 3.17. The number of carbonyl (C=O) groups excluding carboxylic acids is 1. The largest absolute Gasteiger partial charge is 0.497 e. The summed E-state index contributed by atoms with van der Waals surface area (Å²) in [5.41, 5.74) is 14.2. The third-order valence-electron chi connectivity index (χ3n) is 4.43. The van der Waals surface area contributed by atoms with Gasteiger partial charge in [0.2, 0.25) is 5.91 Å².